The summed E-state index contributed by atoms with van der Waals surface area (Å²) in [5.74, 6) is 1.73. The fraction of sp³-hybridized carbons (Fsp3) is 0.643. The number of hydrogen-bond acceptors (Lipinski definition) is 3. The summed E-state index contributed by atoms with van der Waals surface area (Å²) in [6.45, 7) is 9.65. The van der Waals surface area contributed by atoms with Gasteiger partial charge in [0.05, 0.1) is 0 Å². The van der Waals surface area contributed by atoms with E-state index in [-0.39, 0.29) is 0 Å². The molecule has 1 aromatic heterocycles. The Hall–Kier alpha value is -1.09. The lowest BCUT2D eigenvalue weighted by molar-refractivity contribution is 0.303. The van der Waals surface area contributed by atoms with Gasteiger partial charge < -0.3 is 10.2 Å². The first-order valence-corrected chi connectivity index (χ1v) is 6.49. The molecule has 1 heterocycles. The third-order valence-electron chi connectivity index (χ3n) is 2.72. The van der Waals surface area contributed by atoms with Gasteiger partial charge in [-0.3, -0.25) is 0 Å². The lowest BCUT2D eigenvalue weighted by Gasteiger charge is -2.17. The molecule has 0 spiro atoms. The largest absolute Gasteiger partial charge is 0.370 e. The third-order valence-corrected chi connectivity index (χ3v) is 2.72. The molecule has 1 N–H and O–H groups in total. The van der Waals surface area contributed by atoms with Crippen LogP contribution in [0.1, 0.15) is 32.8 Å². The summed E-state index contributed by atoms with van der Waals surface area (Å²) in [7, 11) is 2.17. The molecule has 1 rings (SSSR count). The monoisotopic (exact) mass is 235 g/mol. The van der Waals surface area contributed by atoms with E-state index in [1.165, 1.54) is 12.0 Å². The Bertz CT molecular complexity index is 306. The highest BCUT2D eigenvalue weighted by Gasteiger charge is 2.02. The fourth-order valence-corrected chi connectivity index (χ4v) is 1.67. The van der Waals surface area contributed by atoms with E-state index in [4.69, 9.17) is 0 Å². The van der Waals surface area contributed by atoms with Crippen molar-refractivity contribution in [3.8, 4) is 0 Å². The van der Waals surface area contributed by atoms with Crippen molar-refractivity contribution in [2.24, 2.45) is 5.92 Å². The van der Waals surface area contributed by atoms with E-state index >= 15 is 0 Å². The Morgan fingerprint density at radius 3 is 2.65 bits per heavy atom. The van der Waals surface area contributed by atoms with Gasteiger partial charge >= 0.3 is 0 Å². The van der Waals surface area contributed by atoms with E-state index in [1.807, 2.05) is 6.20 Å². The van der Waals surface area contributed by atoms with Gasteiger partial charge in [0.2, 0.25) is 0 Å². The Kier molecular flexibility index (Phi) is 5.98. The molecule has 0 saturated carbocycles. The zero-order chi connectivity index (χ0) is 12.7. The smallest absolute Gasteiger partial charge is 0.125 e. The van der Waals surface area contributed by atoms with Crippen LogP contribution in [-0.2, 0) is 6.54 Å². The maximum Gasteiger partial charge on any atom is 0.125 e. The van der Waals surface area contributed by atoms with Crippen LogP contribution in [0.5, 0.6) is 0 Å². The molecule has 0 aliphatic carbocycles. The van der Waals surface area contributed by atoms with Crippen molar-refractivity contribution in [3.63, 3.8) is 0 Å². The molecule has 0 atom stereocenters. The van der Waals surface area contributed by atoms with E-state index in [1.54, 1.807) is 0 Å². The molecule has 96 valence electrons. The summed E-state index contributed by atoms with van der Waals surface area (Å²) in [6.07, 6.45) is 3.21. The molecule has 0 unspecified atom stereocenters. The van der Waals surface area contributed by atoms with Crippen molar-refractivity contribution in [2.75, 3.05) is 25.5 Å². The first-order valence-electron chi connectivity index (χ1n) is 6.49. The van der Waals surface area contributed by atoms with Crippen molar-refractivity contribution < 1.29 is 0 Å². The molecule has 0 aliphatic rings. The van der Waals surface area contributed by atoms with Gasteiger partial charge in [0.15, 0.2) is 0 Å². The van der Waals surface area contributed by atoms with Gasteiger partial charge in [-0.05, 0) is 44.5 Å². The van der Waals surface area contributed by atoms with Gasteiger partial charge in [0.25, 0.3) is 0 Å². The number of nitrogens with one attached hydrogen (secondary N) is 1. The van der Waals surface area contributed by atoms with Crippen molar-refractivity contribution >= 4 is 5.82 Å². The highest BCUT2D eigenvalue weighted by atomic mass is 15.1. The van der Waals surface area contributed by atoms with E-state index in [2.05, 4.69) is 55.2 Å². The van der Waals surface area contributed by atoms with Crippen LogP contribution < -0.4 is 5.32 Å². The minimum absolute atomic E-state index is 0.770. The van der Waals surface area contributed by atoms with Gasteiger partial charge in [-0.15, -0.1) is 0 Å². The molecule has 0 radical (unpaired) electrons. The van der Waals surface area contributed by atoms with Crippen LogP contribution in [0.25, 0.3) is 0 Å². The summed E-state index contributed by atoms with van der Waals surface area (Å²) < 4.78 is 0. The van der Waals surface area contributed by atoms with Crippen molar-refractivity contribution in [1.82, 2.24) is 9.88 Å². The second-order valence-corrected chi connectivity index (χ2v) is 5.00. The lowest BCUT2D eigenvalue weighted by Crippen LogP contribution is -2.20. The number of anilines is 1. The van der Waals surface area contributed by atoms with Crippen LogP contribution in [0, 0.1) is 5.92 Å². The maximum atomic E-state index is 4.38. The molecule has 17 heavy (non-hydrogen) atoms. The minimum atomic E-state index is 0.770. The van der Waals surface area contributed by atoms with Crippen molar-refractivity contribution in [3.05, 3.63) is 23.9 Å². The Morgan fingerprint density at radius 2 is 2.12 bits per heavy atom. The predicted octanol–water partition coefficient (Wildman–Crippen LogP) is 2.99. The predicted molar refractivity (Wildman–Crippen MR) is 74.2 cm³/mol. The standard InChI is InChI=1S/C14H25N3/c1-5-15-14-7-6-13(10-16-14)11-17(4)9-8-12(2)3/h6-7,10,12H,5,8-9,11H2,1-4H3,(H,15,16). The third kappa shape index (κ3) is 5.68. The fourth-order valence-electron chi connectivity index (χ4n) is 1.67. The van der Waals surface area contributed by atoms with Crippen LogP contribution in [0.4, 0.5) is 5.82 Å². The highest BCUT2D eigenvalue weighted by Crippen LogP contribution is 2.08. The number of nitrogens with zero attached hydrogens (tertiary/aromatic N) is 2. The summed E-state index contributed by atoms with van der Waals surface area (Å²) in [5, 5.41) is 3.20. The minimum Gasteiger partial charge on any atom is -0.370 e. The summed E-state index contributed by atoms with van der Waals surface area (Å²) in [5.41, 5.74) is 1.28. The molecule has 1 aromatic rings. The van der Waals surface area contributed by atoms with Crippen LogP contribution in [0.2, 0.25) is 0 Å². The number of rotatable bonds is 7. The normalized spacial score (nSPS) is 11.2. The maximum absolute atomic E-state index is 4.38. The van der Waals surface area contributed by atoms with Crippen LogP contribution in [-0.4, -0.2) is 30.0 Å². The van der Waals surface area contributed by atoms with E-state index in [0.29, 0.717) is 0 Å². The Labute approximate surface area is 105 Å². The summed E-state index contributed by atoms with van der Waals surface area (Å²) in [6, 6.07) is 4.20. The zero-order valence-corrected chi connectivity index (χ0v) is 11.5. The number of pyridine rings is 1. The highest BCUT2D eigenvalue weighted by molar-refractivity contribution is 5.35. The summed E-state index contributed by atoms with van der Waals surface area (Å²) >= 11 is 0. The van der Waals surface area contributed by atoms with Gasteiger partial charge in [0, 0.05) is 19.3 Å². The lowest BCUT2D eigenvalue weighted by atomic mass is 10.1. The average Bonchev–Trinajstić information content (AvgIpc) is 2.29. The van der Waals surface area contributed by atoms with E-state index in [9.17, 15) is 0 Å². The molecule has 0 bridgehead atoms. The first kappa shape index (κ1) is 14.0. The molecule has 0 aromatic carbocycles. The second-order valence-electron chi connectivity index (χ2n) is 5.00. The number of aromatic nitrogens is 1. The molecule has 3 nitrogen and oxygen atoms in total. The van der Waals surface area contributed by atoms with Crippen LogP contribution in [0.3, 0.4) is 0 Å². The average molecular weight is 235 g/mol. The number of hydrogen-bond donors (Lipinski definition) is 1. The topological polar surface area (TPSA) is 28.2 Å². The van der Waals surface area contributed by atoms with Crippen LogP contribution in [0.15, 0.2) is 18.3 Å². The SMILES string of the molecule is CCNc1ccc(CN(C)CCC(C)C)cn1. The molecule has 0 fully saturated rings. The molecular formula is C14H25N3. The van der Waals surface area contributed by atoms with Crippen molar-refractivity contribution in [2.45, 2.75) is 33.7 Å². The van der Waals surface area contributed by atoms with Gasteiger partial charge in [0.1, 0.15) is 5.82 Å². The summed E-state index contributed by atoms with van der Waals surface area (Å²) in [4.78, 5) is 6.73. The molecule has 0 saturated heterocycles. The molecule has 0 aliphatic heterocycles. The Morgan fingerprint density at radius 1 is 1.35 bits per heavy atom. The second kappa shape index (κ2) is 7.28. The van der Waals surface area contributed by atoms with Gasteiger partial charge in [-0.25, -0.2) is 4.98 Å². The first-order chi connectivity index (χ1) is 8.11. The molecule has 3 heteroatoms. The molecular weight excluding hydrogens is 210 g/mol. The zero-order valence-electron chi connectivity index (χ0n) is 11.5. The molecule has 0 amide bonds. The van der Waals surface area contributed by atoms with Crippen molar-refractivity contribution in [1.29, 1.82) is 0 Å². The van der Waals surface area contributed by atoms with Crippen LogP contribution >= 0.6 is 0 Å². The Balaban J connectivity index is 2.40. The van der Waals surface area contributed by atoms with Gasteiger partial charge in [-0.2, -0.15) is 0 Å². The van der Waals surface area contributed by atoms with Gasteiger partial charge in [-0.1, -0.05) is 19.9 Å². The quantitative estimate of drug-likeness (QED) is 0.787. The van der Waals surface area contributed by atoms with E-state index < -0.39 is 0 Å². The van der Waals surface area contributed by atoms with E-state index in [0.717, 1.165) is 31.4 Å².